The van der Waals surface area contributed by atoms with Gasteiger partial charge in [0, 0.05) is 13.2 Å². The zero-order valence-corrected chi connectivity index (χ0v) is 12.8. The van der Waals surface area contributed by atoms with Crippen LogP contribution in [-0.2, 0) is 10.0 Å². The van der Waals surface area contributed by atoms with Crippen LogP contribution in [0.4, 0.5) is 0 Å². The van der Waals surface area contributed by atoms with Crippen molar-refractivity contribution in [3.63, 3.8) is 0 Å². The molecular formula is C10H15Cl2NO3S2. The van der Waals surface area contributed by atoms with Crippen LogP contribution in [0.1, 0.15) is 25.7 Å². The van der Waals surface area contributed by atoms with Crippen LogP contribution in [0.15, 0.2) is 11.0 Å². The minimum atomic E-state index is -3.57. The first-order valence-electron chi connectivity index (χ1n) is 5.52. The first kappa shape index (κ1) is 16.2. The highest BCUT2D eigenvalue weighted by Gasteiger charge is 2.20. The first-order chi connectivity index (χ1) is 8.47. The Bertz CT molecular complexity index is 473. The number of aliphatic hydroxyl groups excluding tert-OH is 1. The van der Waals surface area contributed by atoms with Crippen molar-refractivity contribution < 1.29 is 13.5 Å². The van der Waals surface area contributed by atoms with Gasteiger partial charge < -0.3 is 5.11 Å². The van der Waals surface area contributed by atoms with Gasteiger partial charge in [-0.1, -0.05) is 36.0 Å². The summed E-state index contributed by atoms with van der Waals surface area (Å²) in [6, 6.07) is 1.35. The van der Waals surface area contributed by atoms with Gasteiger partial charge in [-0.15, -0.1) is 11.3 Å². The third-order valence-corrected chi connectivity index (χ3v) is 5.51. The molecule has 0 saturated heterocycles. The zero-order chi connectivity index (χ0) is 13.6. The Kier molecular flexibility index (Phi) is 6.90. The normalized spacial score (nSPS) is 11.9. The molecule has 8 heteroatoms. The summed E-state index contributed by atoms with van der Waals surface area (Å²) in [6.07, 6.45) is 3.25. The second-order valence-corrected chi connectivity index (χ2v) is 7.75. The van der Waals surface area contributed by atoms with E-state index in [9.17, 15) is 8.42 Å². The first-order valence-corrected chi connectivity index (χ1v) is 8.58. The number of rotatable bonds is 8. The van der Waals surface area contributed by atoms with Crippen LogP contribution in [0.3, 0.4) is 0 Å². The fraction of sp³-hybridized carbons (Fsp3) is 0.600. The summed E-state index contributed by atoms with van der Waals surface area (Å²) in [4.78, 5) is 0.0366. The smallest absolute Gasteiger partial charge is 0.242 e. The fourth-order valence-corrected chi connectivity index (χ4v) is 4.60. The highest BCUT2D eigenvalue weighted by Crippen LogP contribution is 2.33. The van der Waals surface area contributed by atoms with Crippen LogP contribution in [-0.4, -0.2) is 26.7 Å². The number of hydrogen-bond donors (Lipinski definition) is 2. The summed E-state index contributed by atoms with van der Waals surface area (Å²) in [7, 11) is -3.57. The molecule has 2 N–H and O–H groups in total. The molecule has 0 aliphatic heterocycles. The molecule has 0 amide bonds. The highest BCUT2D eigenvalue weighted by atomic mass is 35.5. The molecule has 0 fully saturated rings. The quantitative estimate of drug-likeness (QED) is 0.720. The van der Waals surface area contributed by atoms with Gasteiger partial charge in [-0.3, -0.25) is 0 Å². The molecule has 104 valence electrons. The maximum absolute atomic E-state index is 11.9. The van der Waals surface area contributed by atoms with E-state index < -0.39 is 10.0 Å². The van der Waals surface area contributed by atoms with E-state index in [0.29, 0.717) is 10.9 Å². The summed E-state index contributed by atoms with van der Waals surface area (Å²) in [6.45, 7) is 0.534. The molecule has 1 aromatic heterocycles. The van der Waals surface area contributed by atoms with Gasteiger partial charge in [0.15, 0.2) is 0 Å². The Hall–Kier alpha value is 0.150. The molecule has 0 bridgehead atoms. The summed E-state index contributed by atoms with van der Waals surface area (Å²) in [5, 5.41) is 8.60. The Morgan fingerprint density at radius 2 is 1.89 bits per heavy atom. The average molecular weight is 332 g/mol. The van der Waals surface area contributed by atoms with E-state index in [1.165, 1.54) is 6.07 Å². The molecule has 1 heterocycles. The number of hydrogen-bond acceptors (Lipinski definition) is 4. The number of unbranched alkanes of at least 4 members (excludes halogenated alkanes) is 3. The third-order valence-electron chi connectivity index (χ3n) is 2.29. The van der Waals surface area contributed by atoms with Gasteiger partial charge in [0.25, 0.3) is 0 Å². The second-order valence-electron chi connectivity index (χ2n) is 3.72. The molecule has 0 unspecified atom stereocenters. The zero-order valence-electron chi connectivity index (χ0n) is 9.66. The molecule has 0 aliphatic rings. The van der Waals surface area contributed by atoms with E-state index in [2.05, 4.69) is 4.72 Å². The van der Waals surface area contributed by atoms with Gasteiger partial charge >= 0.3 is 0 Å². The fourth-order valence-electron chi connectivity index (χ4n) is 1.38. The van der Waals surface area contributed by atoms with E-state index in [0.717, 1.165) is 37.0 Å². The predicted octanol–water partition coefficient (Wildman–Crippen LogP) is 2.89. The molecule has 1 aromatic rings. The summed E-state index contributed by atoms with van der Waals surface area (Å²) < 4.78 is 26.7. The highest BCUT2D eigenvalue weighted by molar-refractivity contribution is 7.89. The van der Waals surface area contributed by atoms with E-state index in [-0.39, 0.29) is 15.8 Å². The third kappa shape index (κ3) is 5.03. The standard InChI is InChI=1S/C10H15Cl2NO3S2/c11-9-7-8(10(12)17-9)18(15,16)13-5-3-1-2-4-6-14/h7,13-14H,1-6H2. The molecule has 4 nitrogen and oxygen atoms in total. The Balaban J connectivity index is 2.43. The van der Waals surface area contributed by atoms with Gasteiger partial charge in [-0.25, -0.2) is 13.1 Å². The SMILES string of the molecule is O=S(=O)(NCCCCCCO)c1cc(Cl)sc1Cl. The van der Waals surface area contributed by atoms with Crippen LogP contribution in [0.2, 0.25) is 8.67 Å². The number of sulfonamides is 1. The van der Waals surface area contributed by atoms with Gasteiger partial charge in [0.1, 0.15) is 9.23 Å². The molecule has 0 radical (unpaired) electrons. The van der Waals surface area contributed by atoms with Crippen molar-refractivity contribution in [2.75, 3.05) is 13.2 Å². The van der Waals surface area contributed by atoms with E-state index >= 15 is 0 Å². The lowest BCUT2D eigenvalue weighted by atomic mass is 10.2. The molecule has 0 aromatic carbocycles. The lowest BCUT2D eigenvalue weighted by Gasteiger charge is -2.05. The average Bonchev–Trinajstić information content (AvgIpc) is 2.63. The van der Waals surface area contributed by atoms with Gasteiger partial charge in [0.05, 0.1) is 4.34 Å². The lowest BCUT2D eigenvalue weighted by molar-refractivity contribution is 0.282. The molecule has 0 atom stereocenters. The van der Waals surface area contributed by atoms with Gasteiger partial charge in [-0.2, -0.15) is 0 Å². The monoisotopic (exact) mass is 331 g/mol. The molecule has 18 heavy (non-hydrogen) atoms. The largest absolute Gasteiger partial charge is 0.396 e. The van der Waals surface area contributed by atoms with Crippen molar-refractivity contribution in [1.82, 2.24) is 4.72 Å². The topological polar surface area (TPSA) is 66.4 Å². The summed E-state index contributed by atoms with van der Waals surface area (Å²) >= 11 is 12.5. The van der Waals surface area contributed by atoms with Crippen molar-refractivity contribution in [3.8, 4) is 0 Å². The maximum Gasteiger partial charge on any atom is 0.242 e. The van der Waals surface area contributed by atoms with Crippen LogP contribution >= 0.6 is 34.5 Å². The Morgan fingerprint density at radius 3 is 2.44 bits per heavy atom. The van der Waals surface area contributed by atoms with Crippen LogP contribution in [0.25, 0.3) is 0 Å². The number of halogens is 2. The number of thiophene rings is 1. The summed E-state index contributed by atoms with van der Waals surface area (Å²) in [5.74, 6) is 0. The minimum Gasteiger partial charge on any atom is -0.396 e. The van der Waals surface area contributed by atoms with Crippen molar-refractivity contribution in [2.45, 2.75) is 30.6 Å². The van der Waals surface area contributed by atoms with E-state index in [4.69, 9.17) is 28.3 Å². The molecule has 0 spiro atoms. The number of aliphatic hydroxyl groups is 1. The Labute approximate surface area is 121 Å². The van der Waals surface area contributed by atoms with Gasteiger partial charge in [0.2, 0.25) is 10.0 Å². The van der Waals surface area contributed by atoms with E-state index in [1.807, 2.05) is 0 Å². The van der Waals surface area contributed by atoms with Crippen LogP contribution < -0.4 is 4.72 Å². The van der Waals surface area contributed by atoms with E-state index in [1.54, 1.807) is 0 Å². The summed E-state index contributed by atoms with van der Waals surface area (Å²) in [5.41, 5.74) is 0. The van der Waals surface area contributed by atoms with Crippen molar-refractivity contribution >= 4 is 44.6 Å². The molecule has 0 aliphatic carbocycles. The molecule has 1 rings (SSSR count). The number of nitrogens with one attached hydrogen (secondary N) is 1. The predicted molar refractivity (Wildman–Crippen MR) is 75.1 cm³/mol. The second kappa shape index (κ2) is 7.67. The molecule has 0 saturated carbocycles. The van der Waals surface area contributed by atoms with Gasteiger partial charge in [-0.05, 0) is 18.9 Å². The van der Waals surface area contributed by atoms with Crippen LogP contribution in [0, 0.1) is 0 Å². The minimum absolute atomic E-state index is 0.0366. The van der Waals surface area contributed by atoms with Crippen molar-refractivity contribution in [3.05, 3.63) is 14.7 Å². The maximum atomic E-state index is 11.9. The Morgan fingerprint density at radius 1 is 1.22 bits per heavy atom. The van der Waals surface area contributed by atoms with Crippen molar-refractivity contribution in [1.29, 1.82) is 0 Å². The lowest BCUT2D eigenvalue weighted by Crippen LogP contribution is -2.24. The molecular weight excluding hydrogens is 317 g/mol. The van der Waals surface area contributed by atoms with Crippen molar-refractivity contribution in [2.24, 2.45) is 0 Å². The van der Waals surface area contributed by atoms with Crippen LogP contribution in [0.5, 0.6) is 0 Å².